The first-order chi connectivity index (χ1) is 12.6. The lowest BCUT2D eigenvalue weighted by atomic mass is 10.2. The van der Waals surface area contributed by atoms with Gasteiger partial charge in [-0.25, -0.2) is 0 Å². The van der Waals surface area contributed by atoms with Crippen molar-refractivity contribution in [1.29, 1.82) is 0 Å². The standard InChI is InChI=1S/C18H25ClN4O3.2ClH/c19-14-1-3-16(4-2-14)22-6-8-23(9-7-22)18(25)12-21-17(24)11-15-13-26-10-5-20-15;;/h1-4,15,20H,5-13H2,(H,21,24);2*1H. The zero-order valence-corrected chi connectivity index (χ0v) is 18.0. The van der Waals surface area contributed by atoms with E-state index in [-0.39, 0.29) is 49.2 Å². The molecule has 0 bridgehead atoms. The fourth-order valence-electron chi connectivity index (χ4n) is 3.20. The SMILES string of the molecule is Cl.Cl.O=C(CC1COCCN1)NCC(=O)N1CCN(c2ccc(Cl)cc2)CC1. The second kappa shape index (κ2) is 12.3. The molecule has 2 heterocycles. The van der Waals surface area contributed by atoms with Gasteiger partial charge in [-0.05, 0) is 24.3 Å². The van der Waals surface area contributed by atoms with Gasteiger partial charge in [-0.2, -0.15) is 0 Å². The van der Waals surface area contributed by atoms with E-state index in [1.165, 1.54) is 0 Å². The van der Waals surface area contributed by atoms with Crippen LogP contribution in [0.3, 0.4) is 0 Å². The van der Waals surface area contributed by atoms with Crippen LogP contribution in [0.1, 0.15) is 6.42 Å². The number of halogens is 3. The van der Waals surface area contributed by atoms with Gasteiger partial charge < -0.3 is 25.2 Å². The summed E-state index contributed by atoms with van der Waals surface area (Å²) in [5, 5.41) is 6.67. The molecular weight excluding hydrogens is 427 g/mol. The first-order valence-electron chi connectivity index (χ1n) is 8.98. The van der Waals surface area contributed by atoms with E-state index in [9.17, 15) is 9.59 Å². The summed E-state index contributed by atoms with van der Waals surface area (Å²) in [6, 6.07) is 7.75. The largest absolute Gasteiger partial charge is 0.378 e. The Morgan fingerprint density at radius 2 is 1.82 bits per heavy atom. The summed E-state index contributed by atoms with van der Waals surface area (Å²) in [6.45, 7) is 4.86. The van der Waals surface area contributed by atoms with Crippen LogP contribution in [0.25, 0.3) is 0 Å². The molecule has 0 spiro atoms. The number of benzene rings is 1. The van der Waals surface area contributed by atoms with Crippen LogP contribution >= 0.6 is 36.4 Å². The molecule has 2 aliphatic rings. The molecule has 158 valence electrons. The minimum Gasteiger partial charge on any atom is -0.378 e. The Morgan fingerprint density at radius 1 is 1.14 bits per heavy atom. The molecular formula is C18H27Cl3N4O3. The fourth-order valence-corrected chi connectivity index (χ4v) is 3.32. The molecule has 2 fully saturated rings. The summed E-state index contributed by atoms with van der Waals surface area (Å²) in [5.41, 5.74) is 1.11. The number of amides is 2. The Hall–Kier alpha value is -1.25. The highest BCUT2D eigenvalue weighted by Gasteiger charge is 2.22. The molecule has 10 heteroatoms. The number of nitrogens with one attached hydrogen (secondary N) is 2. The number of carbonyl (C=O) groups is 2. The number of hydrogen-bond donors (Lipinski definition) is 2. The van der Waals surface area contributed by atoms with Gasteiger partial charge in [0.1, 0.15) is 0 Å². The summed E-state index contributed by atoms with van der Waals surface area (Å²) in [6.07, 6.45) is 0.331. The Labute approximate surface area is 182 Å². The molecule has 1 aromatic carbocycles. The van der Waals surface area contributed by atoms with Gasteiger partial charge in [0.2, 0.25) is 11.8 Å². The lowest BCUT2D eigenvalue weighted by Gasteiger charge is -2.36. The third kappa shape index (κ3) is 7.29. The Morgan fingerprint density at radius 3 is 2.43 bits per heavy atom. The van der Waals surface area contributed by atoms with E-state index < -0.39 is 0 Å². The van der Waals surface area contributed by atoms with Gasteiger partial charge >= 0.3 is 0 Å². The van der Waals surface area contributed by atoms with Crippen LogP contribution in [0.5, 0.6) is 0 Å². The number of anilines is 1. The van der Waals surface area contributed by atoms with Crippen LogP contribution in [0.2, 0.25) is 5.02 Å². The van der Waals surface area contributed by atoms with Crippen LogP contribution in [0.15, 0.2) is 24.3 Å². The van der Waals surface area contributed by atoms with Gasteiger partial charge in [-0.3, -0.25) is 9.59 Å². The summed E-state index contributed by atoms with van der Waals surface area (Å²) in [7, 11) is 0. The van der Waals surface area contributed by atoms with Crippen LogP contribution in [0.4, 0.5) is 5.69 Å². The monoisotopic (exact) mass is 452 g/mol. The van der Waals surface area contributed by atoms with Crippen molar-refractivity contribution >= 4 is 53.9 Å². The Bertz CT molecular complexity index is 619. The molecule has 3 rings (SSSR count). The fraction of sp³-hybridized carbons (Fsp3) is 0.556. The molecule has 2 N–H and O–H groups in total. The van der Waals surface area contributed by atoms with E-state index in [0.717, 1.165) is 25.3 Å². The number of piperazine rings is 1. The van der Waals surface area contributed by atoms with Crippen molar-refractivity contribution < 1.29 is 14.3 Å². The number of morpholine rings is 1. The first-order valence-corrected chi connectivity index (χ1v) is 9.36. The number of ether oxygens (including phenoxy) is 1. The molecule has 2 amide bonds. The van der Waals surface area contributed by atoms with Crippen LogP contribution < -0.4 is 15.5 Å². The number of nitrogens with zero attached hydrogens (tertiary/aromatic N) is 2. The normalized spacial score (nSPS) is 19.2. The van der Waals surface area contributed by atoms with E-state index in [0.29, 0.717) is 37.7 Å². The quantitative estimate of drug-likeness (QED) is 0.703. The van der Waals surface area contributed by atoms with Crippen molar-refractivity contribution in [2.75, 3.05) is 57.4 Å². The van der Waals surface area contributed by atoms with Crippen molar-refractivity contribution in [3.8, 4) is 0 Å². The summed E-state index contributed by atoms with van der Waals surface area (Å²) >= 11 is 5.92. The van der Waals surface area contributed by atoms with Crippen molar-refractivity contribution in [3.05, 3.63) is 29.3 Å². The van der Waals surface area contributed by atoms with Gasteiger partial charge in [-0.15, -0.1) is 24.8 Å². The van der Waals surface area contributed by atoms with Gasteiger partial charge in [0.15, 0.2) is 0 Å². The molecule has 0 aromatic heterocycles. The maximum absolute atomic E-state index is 12.3. The summed E-state index contributed by atoms with van der Waals surface area (Å²) < 4.78 is 5.33. The van der Waals surface area contributed by atoms with Gasteiger partial charge in [0.05, 0.1) is 19.8 Å². The minimum absolute atomic E-state index is 0. The average molecular weight is 454 g/mol. The maximum Gasteiger partial charge on any atom is 0.242 e. The maximum atomic E-state index is 12.3. The summed E-state index contributed by atoms with van der Waals surface area (Å²) in [4.78, 5) is 28.3. The highest BCUT2D eigenvalue weighted by Crippen LogP contribution is 2.19. The molecule has 0 saturated carbocycles. The summed E-state index contributed by atoms with van der Waals surface area (Å²) in [5.74, 6) is -0.164. The second-order valence-electron chi connectivity index (χ2n) is 6.55. The van der Waals surface area contributed by atoms with Crippen molar-refractivity contribution in [2.45, 2.75) is 12.5 Å². The predicted molar refractivity (Wildman–Crippen MR) is 115 cm³/mol. The molecule has 7 nitrogen and oxygen atoms in total. The molecule has 1 unspecified atom stereocenters. The molecule has 28 heavy (non-hydrogen) atoms. The smallest absolute Gasteiger partial charge is 0.242 e. The molecule has 2 saturated heterocycles. The lowest BCUT2D eigenvalue weighted by molar-refractivity contribution is -0.133. The van der Waals surface area contributed by atoms with Crippen LogP contribution in [-0.4, -0.2) is 75.2 Å². The first kappa shape index (κ1) is 24.8. The third-order valence-corrected chi connectivity index (χ3v) is 4.94. The van der Waals surface area contributed by atoms with E-state index in [1.807, 2.05) is 24.3 Å². The zero-order valence-electron chi connectivity index (χ0n) is 15.6. The van der Waals surface area contributed by atoms with Crippen LogP contribution in [-0.2, 0) is 14.3 Å². The van der Waals surface area contributed by atoms with E-state index >= 15 is 0 Å². The predicted octanol–water partition coefficient (Wildman–Crippen LogP) is 1.33. The number of hydrogen-bond acceptors (Lipinski definition) is 5. The van der Waals surface area contributed by atoms with Gasteiger partial charge in [0.25, 0.3) is 0 Å². The minimum atomic E-state index is -0.124. The number of carbonyl (C=O) groups excluding carboxylic acids is 2. The highest BCUT2D eigenvalue weighted by molar-refractivity contribution is 6.30. The van der Waals surface area contributed by atoms with E-state index in [1.54, 1.807) is 4.90 Å². The third-order valence-electron chi connectivity index (χ3n) is 4.69. The number of rotatable bonds is 5. The molecule has 0 aliphatic carbocycles. The van der Waals surface area contributed by atoms with Crippen molar-refractivity contribution in [1.82, 2.24) is 15.5 Å². The van der Waals surface area contributed by atoms with Crippen molar-refractivity contribution in [2.24, 2.45) is 0 Å². The highest BCUT2D eigenvalue weighted by atomic mass is 35.5. The average Bonchev–Trinajstić information content (AvgIpc) is 2.68. The van der Waals surface area contributed by atoms with Crippen molar-refractivity contribution in [3.63, 3.8) is 0 Å². The molecule has 1 aromatic rings. The van der Waals surface area contributed by atoms with E-state index in [2.05, 4.69) is 15.5 Å². The second-order valence-corrected chi connectivity index (χ2v) is 6.99. The Balaban J connectivity index is 0.00000196. The lowest BCUT2D eigenvalue weighted by Crippen LogP contribution is -2.51. The van der Waals surface area contributed by atoms with Gasteiger partial charge in [0, 0.05) is 55.9 Å². The Kier molecular flexibility index (Phi) is 10.9. The van der Waals surface area contributed by atoms with Crippen LogP contribution in [0, 0.1) is 0 Å². The topological polar surface area (TPSA) is 73.9 Å². The molecule has 2 aliphatic heterocycles. The zero-order chi connectivity index (χ0) is 18.4. The molecule has 0 radical (unpaired) electrons. The molecule has 1 atom stereocenters. The van der Waals surface area contributed by atoms with E-state index in [4.69, 9.17) is 16.3 Å². The van der Waals surface area contributed by atoms with Gasteiger partial charge in [-0.1, -0.05) is 11.6 Å².